The molecule has 0 atom stereocenters. The largest absolute Gasteiger partial charge is 0.251 e. The average Bonchev–Trinajstić information content (AvgIpc) is 3.21. The average molecular weight is 546 g/mol. The molecule has 0 amide bonds. The van der Waals surface area contributed by atoms with Crippen LogP contribution in [0.5, 0.6) is 0 Å². The molecule has 3 heteroatoms. The zero-order valence-electron chi connectivity index (χ0n) is 25.5. The second kappa shape index (κ2) is 12.8. The molecule has 3 aromatic rings. The molecular weight excluding hydrogens is 498 g/mol. The van der Waals surface area contributed by atoms with Crippen LogP contribution in [0.2, 0.25) is 0 Å². The van der Waals surface area contributed by atoms with E-state index in [1.807, 2.05) is 0 Å². The lowest BCUT2D eigenvalue weighted by Gasteiger charge is -2.24. The van der Waals surface area contributed by atoms with Gasteiger partial charge in [0, 0.05) is 0 Å². The molecule has 3 nitrogen and oxygen atoms in total. The van der Waals surface area contributed by atoms with Gasteiger partial charge in [-0.05, 0) is 118 Å². The lowest BCUT2D eigenvalue weighted by molar-refractivity contribution is 0.444. The van der Waals surface area contributed by atoms with Crippen LogP contribution in [0.4, 0.5) is 11.4 Å². The van der Waals surface area contributed by atoms with Crippen molar-refractivity contribution in [2.24, 2.45) is 9.98 Å². The number of nitrogens with zero attached hydrogens (tertiary/aromatic N) is 3. The number of fused-ring (bicyclic) bond motifs is 1. The number of rotatable bonds is 5. The molecule has 2 fully saturated rings. The first-order valence-corrected chi connectivity index (χ1v) is 16.4. The van der Waals surface area contributed by atoms with Crippen molar-refractivity contribution in [3.8, 4) is 0 Å². The Morgan fingerprint density at radius 2 is 1.24 bits per heavy atom. The van der Waals surface area contributed by atoms with Gasteiger partial charge in [-0.1, -0.05) is 81.0 Å². The van der Waals surface area contributed by atoms with Crippen LogP contribution in [0.25, 0.3) is 0 Å². The summed E-state index contributed by atoms with van der Waals surface area (Å²) in [6.07, 6.45) is 17.6. The van der Waals surface area contributed by atoms with Gasteiger partial charge in [0.05, 0.1) is 34.2 Å². The number of hydrogen-bond acceptors (Lipinski definition) is 3. The molecule has 0 spiro atoms. The van der Waals surface area contributed by atoms with E-state index in [0.29, 0.717) is 11.8 Å². The van der Waals surface area contributed by atoms with Crippen LogP contribution in [0.15, 0.2) is 58.5 Å². The second-order valence-corrected chi connectivity index (χ2v) is 12.9. The van der Waals surface area contributed by atoms with E-state index in [1.165, 1.54) is 110 Å². The van der Waals surface area contributed by atoms with Gasteiger partial charge < -0.3 is 0 Å². The molecule has 3 aliphatic rings. The maximum absolute atomic E-state index is 5.48. The molecule has 0 radical (unpaired) electrons. The van der Waals surface area contributed by atoms with Crippen LogP contribution in [0.1, 0.15) is 141 Å². The van der Waals surface area contributed by atoms with E-state index in [1.54, 1.807) is 0 Å². The fourth-order valence-electron chi connectivity index (χ4n) is 7.49. The first-order chi connectivity index (χ1) is 20.1. The number of benzene rings is 2. The number of pyridine rings is 1. The Labute approximate surface area is 247 Å². The Morgan fingerprint density at radius 1 is 0.659 bits per heavy atom. The van der Waals surface area contributed by atoms with Crippen molar-refractivity contribution >= 4 is 22.8 Å². The SMILES string of the molecule is CC(=Nc1c(C)cccc1C1CCCCC1)c1ccc2c(n1)C(=Nc1c(C)cccc1C1CCCCC1)CCCC2. The molecule has 0 saturated heterocycles. The molecular formula is C38H47N3. The van der Waals surface area contributed by atoms with E-state index in [0.717, 1.165) is 42.1 Å². The van der Waals surface area contributed by atoms with Gasteiger partial charge in [-0.15, -0.1) is 0 Å². The highest BCUT2D eigenvalue weighted by Gasteiger charge is 2.23. The third kappa shape index (κ3) is 6.25. The monoisotopic (exact) mass is 545 g/mol. The molecule has 3 aliphatic carbocycles. The summed E-state index contributed by atoms with van der Waals surface area (Å²) in [4.78, 5) is 16.1. The normalized spacial score (nSPS) is 20.2. The molecule has 214 valence electrons. The summed E-state index contributed by atoms with van der Waals surface area (Å²) >= 11 is 0. The molecule has 0 N–H and O–H groups in total. The minimum atomic E-state index is 0.626. The molecule has 41 heavy (non-hydrogen) atoms. The van der Waals surface area contributed by atoms with Crippen molar-refractivity contribution in [1.29, 1.82) is 0 Å². The lowest BCUT2D eigenvalue weighted by atomic mass is 9.82. The summed E-state index contributed by atoms with van der Waals surface area (Å²) in [5.41, 5.74) is 13.4. The Morgan fingerprint density at radius 3 is 1.90 bits per heavy atom. The molecule has 0 bridgehead atoms. The summed E-state index contributed by atoms with van der Waals surface area (Å²) < 4.78 is 0. The second-order valence-electron chi connectivity index (χ2n) is 12.9. The summed E-state index contributed by atoms with van der Waals surface area (Å²) in [7, 11) is 0. The van der Waals surface area contributed by atoms with Gasteiger partial charge in [0.15, 0.2) is 0 Å². The fourth-order valence-corrected chi connectivity index (χ4v) is 7.49. The van der Waals surface area contributed by atoms with Crippen LogP contribution in [-0.2, 0) is 6.42 Å². The molecule has 1 heterocycles. The third-order valence-electron chi connectivity index (χ3n) is 9.89. The Hall–Kier alpha value is -3.07. The molecule has 2 saturated carbocycles. The topological polar surface area (TPSA) is 37.6 Å². The first kappa shape index (κ1) is 28.1. The summed E-state index contributed by atoms with van der Waals surface area (Å²) in [6.45, 7) is 6.58. The van der Waals surface area contributed by atoms with E-state index >= 15 is 0 Å². The predicted octanol–water partition coefficient (Wildman–Crippen LogP) is 10.8. The third-order valence-corrected chi connectivity index (χ3v) is 9.89. The number of aryl methyl sites for hydroxylation is 3. The zero-order chi connectivity index (χ0) is 28.2. The van der Waals surface area contributed by atoms with Crippen LogP contribution in [-0.4, -0.2) is 16.4 Å². The highest BCUT2D eigenvalue weighted by atomic mass is 14.9. The van der Waals surface area contributed by atoms with E-state index in [9.17, 15) is 0 Å². The fraction of sp³-hybridized carbons (Fsp3) is 0.500. The lowest BCUT2D eigenvalue weighted by Crippen LogP contribution is -2.11. The molecule has 6 rings (SSSR count). The molecule has 0 aliphatic heterocycles. The Bertz CT molecular complexity index is 1430. The molecule has 2 aromatic carbocycles. The Balaban J connectivity index is 1.39. The van der Waals surface area contributed by atoms with Gasteiger partial charge in [-0.25, -0.2) is 4.98 Å². The van der Waals surface area contributed by atoms with E-state index < -0.39 is 0 Å². The molecule has 1 aromatic heterocycles. The van der Waals surface area contributed by atoms with Gasteiger partial charge in [-0.2, -0.15) is 0 Å². The van der Waals surface area contributed by atoms with Gasteiger partial charge in [0.1, 0.15) is 0 Å². The minimum Gasteiger partial charge on any atom is -0.251 e. The van der Waals surface area contributed by atoms with E-state index in [-0.39, 0.29) is 0 Å². The smallest absolute Gasteiger partial charge is 0.0884 e. The van der Waals surface area contributed by atoms with Crippen molar-refractivity contribution in [3.05, 3.63) is 87.7 Å². The highest BCUT2D eigenvalue weighted by Crippen LogP contribution is 2.41. The Kier molecular flexibility index (Phi) is 8.79. The van der Waals surface area contributed by atoms with Gasteiger partial charge in [0.25, 0.3) is 0 Å². The number of para-hydroxylation sites is 2. The van der Waals surface area contributed by atoms with Crippen LogP contribution < -0.4 is 0 Å². The van der Waals surface area contributed by atoms with Crippen molar-refractivity contribution in [3.63, 3.8) is 0 Å². The van der Waals surface area contributed by atoms with Crippen molar-refractivity contribution in [1.82, 2.24) is 4.98 Å². The maximum atomic E-state index is 5.48. The number of aliphatic imine (C=N–C) groups is 2. The maximum Gasteiger partial charge on any atom is 0.0884 e. The summed E-state index contributed by atoms with van der Waals surface area (Å²) in [5.74, 6) is 1.26. The number of hydrogen-bond donors (Lipinski definition) is 0. The molecule has 0 unspecified atom stereocenters. The standard InChI is InChI=1S/C38H47N3/c1-26-14-12-21-32(29-16-6-4-7-17-29)36(26)39-28(3)34-25-24-31-20-10-11-23-35(38(31)40-34)41-37-27(2)15-13-22-33(37)30-18-8-5-9-19-30/h12-15,21-22,24-25,29-30H,4-11,16-20,23H2,1-3H3. The highest BCUT2D eigenvalue weighted by molar-refractivity contribution is 6.04. The van der Waals surface area contributed by atoms with Crippen molar-refractivity contribution in [2.75, 3.05) is 0 Å². The van der Waals surface area contributed by atoms with Gasteiger partial charge in [-0.3, -0.25) is 9.98 Å². The first-order valence-electron chi connectivity index (χ1n) is 16.4. The van der Waals surface area contributed by atoms with E-state index in [2.05, 4.69) is 69.3 Å². The van der Waals surface area contributed by atoms with Gasteiger partial charge >= 0.3 is 0 Å². The predicted molar refractivity (Wildman–Crippen MR) is 174 cm³/mol. The van der Waals surface area contributed by atoms with Crippen LogP contribution in [0, 0.1) is 13.8 Å². The van der Waals surface area contributed by atoms with E-state index in [4.69, 9.17) is 15.0 Å². The van der Waals surface area contributed by atoms with Crippen LogP contribution >= 0.6 is 0 Å². The van der Waals surface area contributed by atoms with Crippen LogP contribution in [0.3, 0.4) is 0 Å². The minimum absolute atomic E-state index is 0.626. The number of aromatic nitrogens is 1. The summed E-state index contributed by atoms with van der Waals surface area (Å²) in [6, 6.07) is 18.0. The quantitative estimate of drug-likeness (QED) is 0.232. The van der Waals surface area contributed by atoms with Crippen molar-refractivity contribution < 1.29 is 0 Å². The zero-order valence-corrected chi connectivity index (χ0v) is 25.5. The summed E-state index contributed by atoms with van der Waals surface area (Å²) in [5, 5.41) is 0. The van der Waals surface area contributed by atoms with Crippen molar-refractivity contribution in [2.45, 2.75) is 122 Å². The van der Waals surface area contributed by atoms with Gasteiger partial charge in [0.2, 0.25) is 0 Å².